The Balaban J connectivity index is 1.53. The summed E-state index contributed by atoms with van der Waals surface area (Å²) in [6, 6.07) is 8.97. The van der Waals surface area contributed by atoms with Crippen molar-refractivity contribution < 1.29 is 19.1 Å². The molecule has 0 aliphatic carbocycles. The standard InChI is InChI=1S/C23H29ClN4O4/c1-26-20(6-8-25-26)22(30)28-9-3-7-23(16-28,15-21(29)27-10-12-31-13-11-27)17-32-19-5-2-4-18(24)14-19/h2,4-6,8,14H,3,7,9-13,15-17H2,1H3. The number of likely N-dealkylation sites (tertiary alicyclic amines) is 1. The summed E-state index contributed by atoms with van der Waals surface area (Å²) in [4.78, 5) is 30.0. The number of halogens is 1. The van der Waals surface area contributed by atoms with Gasteiger partial charge in [0.1, 0.15) is 11.4 Å². The molecule has 172 valence electrons. The summed E-state index contributed by atoms with van der Waals surface area (Å²) in [6.45, 7) is 3.75. The number of amides is 2. The number of morpholine rings is 1. The van der Waals surface area contributed by atoms with Crippen LogP contribution in [0.2, 0.25) is 5.02 Å². The van der Waals surface area contributed by atoms with Gasteiger partial charge in [-0.05, 0) is 37.1 Å². The number of benzene rings is 1. The molecule has 0 spiro atoms. The summed E-state index contributed by atoms with van der Waals surface area (Å²) in [5, 5.41) is 4.72. The maximum Gasteiger partial charge on any atom is 0.272 e. The molecule has 4 rings (SSSR count). The molecule has 32 heavy (non-hydrogen) atoms. The molecule has 2 fully saturated rings. The summed E-state index contributed by atoms with van der Waals surface area (Å²) in [5.41, 5.74) is 0.0561. The van der Waals surface area contributed by atoms with Crippen molar-refractivity contribution in [2.75, 3.05) is 46.0 Å². The molecule has 2 aliphatic heterocycles. The molecule has 0 N–H and O–H groups in total. The maximum atomic E-state index is 13.2. The van der Waals surface area contributed by atoms with Crippen molar-refractivity contribution in [3.63, 3.8) is 0 Å². The Hall–Kier alpha value is -2.58. The smallest absolute Gasteiger partial charge is 0.272 e. The van der Waals surface area contributed by atoms with Crippen LogP contribution in [-0.2, 0) is 16.6 Å². The molecular weight excluding hydrogens is 432 g/mol. The van der Waals surface area contributed by atoms with Gasteiger partial charge >= 0.3 is 0 Å². The van der Waals surface area contributed by atoms with E-state index in [1.165, 1.54) is 0 Å². The van der Waals surface area contributed by atoms with Crippen molar-refractivity contribution in [3.05, 3.63) is 47.2 Å². The number of carbonyl (C=O) groups excluding carboxylic acids is 2. The van der Waals surface area contributed by atoms with Crippen molar-refractivity contribution in [2.24, 2.45) is 12.5 Å². The zero-order chi connectivity index (χ0) is 22.6. The molecule has 2 aliphatic rings. The highest BCUT2D eigenvalue weighted by Crippen LogP contribution is 2.36. The van der Waals surface area contributed by atoms with E-state index < -0.39 is 5.41 Å². The number of rotatable bonds is 6. The number of aromatic nitrogens is 2. The highest BCUT2D eigenvalue weighted by atomic mass is 35.5. The van der Waals surface area contributed by atoms with Crippen molar-refractivity contribution in [2.45, 2.75) is 19.3 Å². The zero-order valence-corrected chi connectivity index (χ0v) is 19.1. The van der Waals surface area contributed by atoms with Crippen LogP contribution in [0.1, 0.15) is 29.8 Å². The van der Waals surface area contributed by atoms with Gasteiger partial charge < -0.3 is 19.3 Å². The second-order valence-corrected chi connectivity index (χ2v) is 9.02. The van der Waals surface area contributed by atoms with Gasteiger partial charge in [0, 0.05) is 56.3 Å². The highest BCUT2D eigenvalue weighted by molar-refractivity contribution is 6.30. The fourth-order valence-corrected chi connectivity index (χ4v) is 4.66. The molecule has 0 bridgehead atoms. The molecule has 0 radical (unpaired) electrons. The van der Waals surface area contributed by atoms with Gasteiger partial charge in [0.05, 0.1) is 19.8 Å². The number of nitrogens with zero attached hydrogens (tertiary/aromatic N) is 4. The first kappa shape index (κ1) is 22.6. The van der Waals surface area contributed by atoms with Crippen molar-refractivity contribution in [1.82, 2.24) is 19.6 Å². The SMILES string of the molecule is Cn1nccc1C(=O)N1CCCC(COc2cccc(Cl)c2)(CC(=O)N2CCOCC2)C1. The van der Waals surface area contributed by atoms with E-state index in [-0.39, 0.29) is 11.8 Å². The lowest BCUT2D eigenvalue weighted by molar-refractivity contribution is -0.139. The lowest BCUT2D eigenvalue weighted by Crippen LogP contribution is -2.52. The number of piperidine rings is 1. The van der Waals surface area contributed by atoms with Crippen LogP contribution in [0.15, 0.2) is 36.5 Å². The molecule has 2 aromatic rings. The van der Waals surface area contributed by atoms with Crippen molar-refractivity contribution in [1.29, 1.82) is 0 Å². The molecular formula is C23H29ClN4O4. The van der Waals surface area contributed by atoms with Gasteiger partial charge in [-0.25, -0.2) is 0 Å². The van der Waals surface area contributed by atoms with E-state index in [9.17, 15) is 9.59 Å². The highest BCUT2D eigenvalue weighted by Gasteiger charge is 2.41. The minimum Gasteiger partial charge on any atom is -0.493 e. The number of hydrogen-bond acceptors (Lipinski definition) is 5. The van der Waals surface area contributed by atoms with Gasteiger partial charge in [-0.1, -0.05) is 17.7 Å². The average molecular weight is 461 g/mol. The Morgan fingerprint density at radius 1 is 1.19 bits per heavy atom. The fraction of sp³-hybridized carbons (Fsp3) is 0.522. The molecule has 9 heteroatoms. The second-order valence-electron chi connectivity index (χ2n) is 8.59. The third-order valence-corrected chi connectivity index (χ3v) is 6.45. The summed E-state index contributed by atoms with van der Waals surface area (Å²) in [7, 11) is 1.76. The second kappa shape index (κ2) is 9.92. The largest absolute Gasteiger partial charge is 0.493 e. The minimum atomic E-state index is -0.482. The Bertz CT molecular complexity index is 959. The molecule has 0 saturated carbocycles. The number of ether oxygens (including phenoxy) is 2. The van der Waals surface area contributed by atoms with E-state index in [4.69, 9.17) is 21.1 Å². The van der Waals surface area contributed by atoms with Crippen LogP contribution in [0.5, 0.6) is 5.75 Å². The molecule has 1 unspecified atom stereocenters. The molecule has 2 amide bonds. The molecule has 2 saturated heterocycles. The third kappa shape index (κ3) is 5.24. The van der Waals surface area contributed by atoms with Crippen LogP contribution in [0, 0.1) is 5.41 Å². The van der Waals surface area contributed by atoms with Crippen molar-refractivity contribution >= 4 is 23.4 Å². The van der Waals surface area contributed by atoms with E-state index in [1.54, 1.807) is 36.1 Å². The summed E-state index contributed by atoms with van der Waals surface area (Å²) < 4.78 is 13.1. The van der Waals surface area contributed by atoms with E-state index in [1.807, 2.05) is 21.9 Å². The Kier molecular flexibility index (Phi) is 7.01. The van der Waals surface area contributed by atoms with Gasteiger partial charge in [0.2, 0.25) is 5.91 Å². The van der Waals surface area contributed by atoms with Crippen LogP contribution in [0.25, 0.3) is 0 Å². The van der Waals surface area contributed by atoms with Gasteiger partial charge in [-0.3, -0.25) is 14.3 Å². The van der Waals surface area contributed by atoms with Gasteiger partial charge in [-0.15, -0.1) is 0 Å². The molecule has 1 atom stereocenters. The van der Waals surface area contributed by atoms with Gasteiger partial charge in [0.25, 0.3) is 5.91 Å². The third-order valence-electron chi connectivity index (χ3n) is 6.22. The molecule has 3 heterocycles. The van der Waals surface area contributed by atoms with E-state index >= 15 is 0 Å². The van der Waals surface area contributed by atoms with E-state index in [0.29, 0.717) is 68.9 Å². The van der Waals surface area contributed by atoms with Crippen molar-refractivity contribution in [3.8, 4) is 5.75 Å². The lowest BCUT2D eigenvalue weighted by atomic mass is 9.77. The van der Waals surface area contributed by atoms with Crippen LogP contribution < -0.4 is 4.74 Å². The molecule has 8 nitrogen and oxygen atoms in total. The van der Waals surface area contributed by atoms with E-state index in [0.717, 1.165) is 12.8 Å². The van der Waals surface area contributed by atoms with Crippen LogP contribution in [-0.4, -0.2) is 77.4 Å². The number of aryl methyl sites for hydroxylation is 1. The number of carbonyl (C=O) groups is 2. The molecule has 1 aromatic heterocycles. The van der Waals surface area contributed by atoms with Crippen LogP contribution >= 0.6 is 11.6 Å². The first-order valence-electron chi connectivity index (χ1n) is 11.0. The first-order chi connectivity index (χ1) is 15.5. The summed E-state index contributed by atoms with van der Waals surface area (Å²) in [6.07, 6.45) is 3.55. The fourth-order valence-electron chi connectivity index (χ4n) is 4.48. The van der Waals surface area contributed by atoms with Crippen LogP contribution in [0.3, 0.4) is 0 Å². The van der Waals surface area contributed by atoms with Gasteiger partial charge in [-0.2, -0.15) is 5.10 Å². The summed E-state index contributed by atoms with van der Waals surface area (Å²) >= 11 is 6.11. The Labute approximate surface area is 193 Å². The number of hydrogen-bond donors (Lipinski definition) is 0. The lowest BCUT2D eigenvalue weighted by Gasteiger charge is -2.43. The minimum absolute atomic E-state index is 0.0735. The maximum absolute atomic E-state index is 13.2. The average Bonchev–Trinajstić information content (AvgIpc) is 3.24. The predicted octanol–water partition coefficient (Wildman–Crippen LogP) is 2.62. The van der Waals surface area contributed by atoms with E-state index in [2.05, 4.69) is 5.10 Å². The zero-order valence-electron chi connectivity index (χ0n) is 18.3. The first-order valence-corrected chi connectivity index (χ1v) is 11.3. The topological polar surface area (TPSA) is 76.9 Å². The monoisotopic (exact) mass is 460 g/mol. The Morgan fingerprint density at radius 3 is 2.72 bits per heavy atom. The quantitative estimate of drug-likeness (QED) is 0.662. The Morgan fingerprint density at radius 2 is 2.00 bits per heavy atom. The molecule has 1 aromatic carbocycles. The summed E-state index contributed by atoms with van der Waals surface area (Å²) in [5.74, 6) is 0.666. The normalized spacial score (nSPS) is 21.4. The van der Waals surface area contributed by atoms with Crippen LogP contribution in [0.4, 0.5) is 0 Å². The predicted molar refractivity (Wildman–Crippen MR) is 120 cm³/mol. The van der Waals surface area contributed by atoms with Gasteiger partial charge in [0.15, 0.2) is 0 Å².